The standard InChI is InChI=1S/C18H16O4.2C7H7.2Y/c1-3-7-13(8-4-1)21-15-11-19-18-16(12-20-17(15)18)22-14-9-5-2-6-10-14;2*1-7-5-3-2-4-6-7;;/h3-10,15-18H,11-12H2;2*3-6H,1H3;;/q-2;2*-1;;. The number of fused-ring (bicyclic) bond motifs is 1. The summed E-state index contributed by atoms with van der Waals surface area (Å²) in [4.78, 5) is 0. The minimum atomic E-state index is -0.106. The van der Waals surface area contributed by atoms with Gasteiger partial charge in [0.1, 0.15) is 24.4 Å². The molecule has 0 N–H and O–H groups in total. The van der Waals surface area contributed by atoms with Crippen molar-refractivity contribution in [3.8, 4) is 11.5 Å². The van der Waals surface area contributed by atoms with Crippen LogP contribution >= 0.6 is 0 Å². The molecule has 0 aromatic heterocycles. The zero-order valence-electron chi connectivity index (χ0n) is 21.7. The third-order valence-electron chi connectivity index (χ3n) is 5.68. The van der Waals surface area contributed by atoms with Crippen molar-refractivity contribution >= 4 is 0 Å². The molecule has 0 aliphatic carbocycles. The Morgan fingerprint density at radius 2 is 0.816 bits per heavy atom. The molecule has 2 fully saturated rings. The van der Waals surface area contributed by atoms with Crippen LogP contribution in [0.1, 0.15) is 11.1 Å². The first-order valence-electron chi connectivity index (χ1n) is 12.0. The van der Waals surface area contributed by atoms with Crippen molar-refractivity contribution < 1.29 is 84.4 Å². The van der Waals surface area contributed by atoms with Crippen LogP contribution in [0, 0.1) is 38.1 Å². The van der Waals surface area contributed by atoms with E-state index in [1.165, 1.54) is 11.1 Å². The molecule has 4 aromatic carbocycles. The summed E-state index contributed by atoms with van der Waals surface area (Å²) in [5.74, 6) is 1.61. The number of aryl methyl sites for hydroxylation is 2. The second-order valence-corrected chi connectivity index (χ2v) is 8.53. The molecule has 2 aliphatic rings. The quantitative estimate of drug-likeness (QED) is 0.258. The number of ether oxygens (including phenoxy) is 4. The topological polar surface area (TPSA) is 36.9 Å². The number of benzene rings is 4. The summed E-state index contributed by atoms with van der Waals surface area (Å²) in [6, 6.07) is 42.4. The fourth-order valence-corrected chi connectivity index (χ4v) is 3.82. The third-order valence-corrected chi connectivity index (χ3v) is 5.68. The summed E-state index contributed by atoms with van der Waals surface area (Å²) in [7, 11) is 0. The first kappa shape index (κ1) is 32.8. The van der Waals surface area contributed by atoms with Crippen molar-refractivity contribution in [1.82, 2.24) is 0 Å². The Morgan fingerprint density at radius 3 is 1.08 bits per heavy atom. The van der Waals surface area contributed by atoms with E-state index in [9.17, 15) is 0 Å². The van der Waals surface area contributed by atoms with Gasteiger partial charge in [0.25, 0.3) is 0 Å². The molecular weight excluding hydrogens is 626 g/mol. The Hall–Kier alpha value is -1.39. The first-order chi connectivity index (χ1) is 17.7. The molecule has 2 aliphatic heterocycles. The monoisotopic (exact) mass is 656 g/mol. The average molecular weight is 656 g/mol. The van der Waals surface area contributed by atoms with E-state index in [0.29, 0.717) is 13.2 Å². The second-order valence-electron chi connectivity index (χ2n) is 8.53. The SMILES string of the molecule is Cc1cc[c-]cc1.Cc1cc[c-]cc1.[Y].[Y].[c-]1ccc(OC2COC3C(Oc4cc[c-]cc4)COC23)cc1. The molecule has 4 aromatic rings. The molecule has 192 valence electrons. The van der Waals surface area contributed by atoms with Gasteiger partial charge >= 0.3 is 0 Å². The van der Waals surface area contributed by atoms with Crippen LogP contribution in [-0.2, 0) is 74.9 Å². The molecule has 6 heteroatoms. The maximum atomic E-state index is 5.96. The van der Waals surface area contributed by atoms with Crippen LogP contribution in [0.5, 0.6) is 11.5 Å². The average Bonchev–Trinajstić information content (AvgIpc) is 3.50. The van der Waals surface area contributed by atoms with E-state index in [4.69, 9.17) is 18.9 Å². The minimum absolute atomic E-state index is 0. The van der Waals surface area contributed by atoms with E-state index in [2.05, 4.69) is 38.1 Å². The Balaban J connectivity index is 0.000000262. The van der Waals surface area contributed by atoms with Crippen LogP contribution in [0.15, 0.2) is 97.1 Å². The van der Waals surface area contributed by atoms with Crippen LogP contribution in [0.25, 0.3) is 0 Å². The smallest absolute Gasteiger partial charge is 0.147 e. The Morgan fingerprint density at radius 1 is 0.526 bits per heavy atom. The van der Waals surface area contributed by atoms with Crippen LogP contribution in [0.3, 0.4) is 0 Å². The molecule has 2 saturated heterocycles. The van der Waals surface area contributed by atoms with Crippen molar-refractivity contribution in [1.29, 1.82) is 0 Å². The van der Waals surface area contributed by atoms with Crippen LogP contribution < -0.4 is 9.47 Å². The van der Waals surface area contributed by atoms with Gasteiger partial charge in [-0.05, 0) is 0 Å². The Labute approximate surface area is 277 Å². The predicted molar refractivity (Wildman–Crippen MR) is 139 cm³/mol. The Kier molecular flexibility index (Phi) is 15.6. The van der Waals surface area contributed by atoms with Gasteiger partial charge in [0.2, 0.25) is 0 Å². The maximum Gasteiger partial charge on any atom is 0.147 e. The van der Waals surface area contributed by atoms with Crippen molar-refractivity contribution in [3.63, 3.8) is 0 Å². The van der Waals surface area contributed by atoms with Gasteiger partial charge in [-0.2, -0.15) is 108 Å². The zero-order chi connectivity index (χ0) is 25.0. The van der Waals surface area contributed by atoms with E-state index in [1.807, 2.05) is 97.1 Å². The summed E-state index contributed by atoms with van der Waals surface area (Å²) < 4.78 is 23.6. The molecule has 2 radical (unpaired) electrons. The first-order valence-corrected chi connectivity index (χ1v) is 12.0. The summed E-state index contributed by atoms with van der Waals surface area (Å²) in [5, 5.41) is 0. The van der Waals surface area contributed by atoms with E-state index >= 15 is 0 Å². The molecule has 6 rings (SSSR count). The molecule has 0 bridgehead atoms. The normalized spacial score (nSPS) is 20.6. The minimum Gasteiger partial charge on any atom is -0.511 e. The van der Waals surface area contributed by atoms with Gasteiger partial charge in [-0.25, -0.2) is 0 Å². The second kappa shape index (κ2) is 18.1. The predicted octanol–water partition coefficient (Wildman–Crippen LogP) is 5.87. The zero-order valence-corrected chi connectivity index (χ0v) is 27.4. The van der Waals surface area contributed by atoms with Crippen LogP contribution in [0.2, 0.25) is 0 Å². The van der Waals surface area contributed by atoms with Crippen molar-refractivity contribution in [3.05, 3.63) is 132 Å². The number of hydrogen-bond acceptors (Lipinski definition) is 4. The molecule has 0 saturated carbocycles. The summed E-state index contributed by atoms with van der Waals surface area (Å²) in [5.41, 5.74) is 2.58. The van der Waals surface area contributed by atoms with Gasteiger partial charge in [0, 0.05) is 76.9 Å². The van der Waals surface area contributed by atoms with E-state index < -0.39 is 0 Å². The van der Waals surface area contributed by atoms with Crippen LogP contribution in [-0.4, -0.2) is 37.6 Å². The molecule has 2 heterocycles. The number of rotatable bonds is 4. The maximum absolute atomic E-state index is 5.96. The van der Waals surface area contributed by atoms with E-state index in [1.54, 1.807) is 0 Å². The van der Waals surface area contributed by atoms with E-state index in [-0.39, 0.29) is 89.8 Å². The van der Waals surface area contributed by atoms with Gasteiger partial charge in [-0.3, -0.25) is 0 Å². The van der Waals surface area contributed by atoms with Gasteiger partial charge in [-0.1, -0.05) is 13.8 Å². The Bertz CT molecular complexity index is 1040. The summed E-state index contributed by atoms with van der Waals surface area (Å²) in [6.07, 6.45) is -0.399. The molecule has 4 nitrogen and oxygen atoms in total. The molecule has 4 atom stereocenters. The molecule has 4 unspecified atom stereocenters. The van der Waals surface area contributed by atoms with Crippen molar-refractivity contribution in [2.75, 3.05) is 13.2 Å². The van der Waals surface area contributed by atoms with Crippen molar-refractivity contribution in [2.24, 2.45) is 0 Å². The van der Waals surface area contributed by atoms with Crippen LogP contribution in [0.4, 0.5) is 0 Å². The summed E-state index contributed by atoms with van der Waals surface area (Å²) in [6.45, 7) is 5.15. The largest absolute Gasteiger partial charge is 0.511 e. The molecule has 38 heavy (non-hydrogen) atoms. The van der Waals surface area contributed by atoms with Gasteiger partial charge < -0.3 is 18.9 Å². The van der Waals surface area contributed by atoms with E-state index in [0.717, 1.165) is 11.5 Å². The summed E-state index contributed by atoms with van der Waals surface area (Å²) >= 11 is 0. The molecule has 0 amide bonds. The van der Waals surface area contributed by atoms with Gasteiger partial charge in [0.05, 0.1) is 13.2 Å². The molecule has 0 spiro atoms. The van der Waals surface area contributed by atoms with Gasteiger partial charge in [-0.15, -0.1) is 24.3 Å². The fourth-order valence-electron chi connectivity index (χ4n) is 3.82. The molecular formula is C32H30O4Y2-4. The number of hydrogen-bond donors (Lipinski definition) is 0. The fraction of sp³-hybridized carbons (Fsp3) is 0.250. The third kappa shape index (κ3) is 10.6. The van der Waals surface area contributed by atoms with Crippen molar-refractivity contribution in [2.45, 2.75) is 38.3 Å². The van der Waals surface area contributed by atoms with Gasteiger partial charge in [0.15, 0.2) is 0 Å².